The molecule has 6 heteroatoms. The van der Waals surface area contributed by atoms with Crippen LogP contribution < -0.4 is 5.73 Å². The van der Waals surface area contributed by atoms with Gasteiger partial charge >= 0.3 is 0 Å². The molecule has 106 valence electrons. The minimum absolute atomic E-state index is 0.00915. The quantitative estimate of drug-likeness (QED) is 0.918. The highest BCUT2D eigenvalue weighted by molar-refractivity contribution is 5.76. The average molecular weight is 280 g/mol. The van der Waals surface area contributed by atoms with Crippen molar-refractivity contribution in [2.45, 2.75) is 18.8 Å². The van der Waals surface area contributed by atoms with Gasteiger partial charge in [-0.25, -0.2) is 8.78 Å². The Morgan fingerprint density at radius 3 is 2.60 bits per heavy atom. The van der Waals surface area contributed by atoms with Crippen molar-refractivity contribution in [1.29, 1.82) is 0 Å². The Bertz CT molecular complexity index is 601. The molecule has 1 aliphatic heterocycles. The van der Waals surface area contributed by atoms with Crippen LogP contribution in [-0.2, 0) is 4.74 Å². The molecule has 1 unspecified atom stereocenters. The van der Waals surface area contributed by atoms with Crippen LogP contribution in [0.3, 0.4) is 0 Å². The van der Waals surface area contributed by atoms with Crippen LogP contribution in [0.2, 0.25) is 0 Å². The van der Waals surface area contributed by atoms with E-state index >= 15 is 0 Å². The maximum absolute atomic E-state index is 13.4. The smallest absolute Gasteiger partial charge is 0.175 e. The molecule has 4 nitrogen and oxygen atoms in total. The van der Waals surface area contributed by atoms with Crippen LogP contribution >= 0.6 is 0 Å². The first-order chi connectivity index (χ1) is 9.65. The second-order valence-corrected chi connectivity index (χ2v) is 4.88. The normalized spacial score (nSPS) is 19.2. The molecule has 2 N–H and O–H groups in total. The predicted octanol–water partition coefficient (Wildman–Crippen LogP) is 3.10. The lowest BCUT2D eigenvalue weighted by Crippen LogP contribution is -2.15. The highest BCUT2D eigenvalue weighted by Crippen LogP contribution is 2.37. The standard InChI is InChI=1S/C14H14F2N2O2/c15-10-4-9(5-11(16)6-10)12-13(20-18-14(12)17)8-2-1-3-19-7-8/h4-6,8H,1-3,7H2,(H2,17,18). The third kappa shape index (κ3) is 2.38. The largest absolute Gasteiger partial charge is 0.381 e. The summed E-state index contributed by atoms with van der Waals surface area (Å²) in [6.07, 6.45) is 1.78. The highest BCUT2D eigenvalue weighted by Gasteiger charge is 2.26. The van der Waals surface area contributed by atoms with E-state index in [0.29, 0.717) is 30.1 Å². The van der Waals surface area contributed by atoms with Crippen molar-refractivity contribution in [2.24, 2.45) is 0 Å². The Morgan fingerprint density at radius 1 is 1.20 bits per heavy atom. The van der Waals surface area contributed by atoms with Gasteiger partial charge in [0.15, 0.2) is 11.6 Å². The first kappa shape index (κ1) is 13.1. The number of ether oxygens (including phenoxy) is 1. The van der Waals surface area contributed by atoms with Crippen LogP contribution in [0.5, 0.6) is 0 Å². The first-order valence-electron chi connectivity index (χ1n) is 6.44. The Kier molecular flexibility index (Phi) is 3.40. The lowest BCUT2D eigenvalue weighted by molar-refractivity contribution is 0.0723. The van der Waals surface area contributed by atoms with E-state index in [9.17, 15) is 8.78 Å². The molecular formula is C14H14F2N2O2. The number of halogens is 2. The van der Waals surface area contributed by atoms with Crippen molar-refractivity contribution in [3.8, 4) is 11.1 Å². The maximum Gasteiger partial charge on any atom is 0.175 e. The van der Waals surface area contributed by atoms with Crippen LogP contribution in [0.25, 0.3) is 11.1 Å². The number of hydrogen-bond donors (Lipinski definition) is 1. The van der Waals surface area contributed by atoms with E-state index in [-0.39, 0.29) is 11.7 Å². The molecule has 0 amide bonds. The van der Waals surface area contributed by atoms with E-state index in [1.54, 1.807) is 0 Å². The summed E-state index contributed by atoms with van der Waals surface area (Å²) >= 11 is 0. The van der Waals surface area contributed by atoms with Crippen molar-refractivity contribution < 1.29 is 18.0 Å². The van der Waals surface area contributed by atoms with Gasteiger partial charge in [-0.3, -0.25) is 0 Å². The molecule has 1 aromatic carbocycles. The minimum atomic E-state index is -0.661. The van der Waals surface area contributed by atoms with Gasteiger partial charge in [-0.15, -0.1) is 0 Å². The van der Waals surface area contributed by atoms with Gasteiger partial charge in [-0.2, -0.15) is 0 Å². The monoisotopic (exact) mass is 280 g/mol. The molecule has 1 saturated heterocycles. The van der Waals surface area contributed by atoms with Crippen LogP contribution in [0, 0.1) is 11.6 Å². The van der Waals surface area contributed by atoms with E-state index < -0.39 is 11.6 Å². The lowest BCUT2D eigenvalue weighted by atomic mass is 9.93. The molecule has 1 fully saturated rings. The Labute approximate surface area is 114 Å². The Morgan fingerprint density at radius 2 is 1.95 bits per heavy atom. The topological polar surface area (TPSA) is 61.3 Å². The summed E-state index contributed by atoms with van der Waals surface area (Å²) in [6, 6.07) is 3.26. The summed E-state index contributed by atoms with van der Waals surface area (Å²) in [5, 5.41) is 3.73. The third-order valence-corrected chi connectivity index (χ3v) is 3.43. The maximum atomic E-state index is 13.4. The van der Waals surface area contributed by atoms with E-state index in [1.807, 2.05) is 0 Å². The lowest BCUT2D eigenvalue weighted by Gasteiger charge is -2.20. The second-order valence-electron chi connectivity index (χ2n) is 4.88. The van der Waals surface area contributed by atoms with E-state index in [0.717, 1.165) is 18.9 Å². The molecule has 3 rings (SSSR count). The molecular weight excluding hydrogens is 266 g/mol. The van der Waals surface area contributed by atoms with Crippen molar-refractivity contribution in [3.05, 3.63) is 35.6 Å². The van der Waals surface area contributed by atoms with Crippen LogP contribution in [0.15, 0.2) is 22.7 Å². The predicted molar refractivity (Wildman–Crippen MR) is 69.1 cm³/mol. The third-order valence-electron chi connectivity index (χ3n) is 3.43. The summed E-state index contributed by atoms with van der Waals surface area (Å²) in [4.78, 5) is 0. The van der Waals surface area contributed by atoms with E-state index in [4.69, 9.17) is 15.0 Å². The number of rotatable bonds is 2. The van der Waals surface area contributed by atoms with Gasteiger partial charge in [-0.05, 0) is 30.5 Å². The zero-order valence-corrected chi connectivity index (χ0v) is 10.7. The van der Waals surface area contributed by atoms with Crippen LogP contribution in [-0.4, -0.2) is 18.4 Å². The molecule has 2 aromatic rings. The summed E-state index contributed by atoms with van der Waals surface area (Å²) < 4.78 is 37.4. The van der Waals surface area contributed by atoms with E-state index in [2.05, 4.69) is 5.16 Å². The van der Waals surface area contributed by atoms with Crippen molar-refractivity contribution in [1.82, 2.24) is 5.16 Å². The molecule has 1 aromatic heterocycles. The minimum Gasteiger partial charge on any atom is -0.381 e. The number of anilines is 1. The number of nitrogen functional groups attached to an aromatic ring is 1. The van der Waals surface area contributed by atoms with Crippen LogP contribution in [0.1, 0.15) is 24.5 Å². The van der Waals surface area contributed by atoms with Gasteiger partial charge in [0.1, 0.15) is 11.6 Å². The molecule has 0 saturated carbocycles. The number of nitrogens with zero attached hydrogens (tertiary/aromatic N) is 1. The van der Waals surface area contributed by atoms with Gasteiger partial charge in [0.05, 0.1) is 12.2 Å². The SMILES string of the molecule is Nc1noc(C2CCCOC2)c1-c1cc(F)cc(F)c1. The van der Waals surface area contributed by atoms with Gasteiger partial charge in [0, 0.05) is 18.6 Å². The molecule has 0 radical (unpaired) electrons. The molecule has 20 heavy (non-hydrogen) atoms. The molecule has 0 bridgehead atoms. The average Bonchev–Trinajstić information content (AvgIpc) is 2.80. The van der Waals surface area contributed by atoms with Crippen molar-refractivity contribution >= 4 is 5.82 Å². The van der Waals surface area contributed by atoms with Gasteiger partial charge in [0.25, 0.3) is 0 Å². The van der Waals surface area contributed by atoms with Crippen LogP contribution in [0.4, 0.5) is 14.6 Å². The van der Waals surface area contributed by atoms with Crippen molar-refractivity contribution in [2.75, 3.05) is 18.9 Å². The zero-order valence-electron chi connectivity index (χ0n) is 10.7. The van der Waals surface area contributed by atoms with Gasteiger partial charge in [-0.1, -0.05) is 5.16 Å². The number of nitrogens with two attached hydrogens (primary N) is 1. The fourth-order valence-corrected chi connectivity index (χ4v) is 2.53. The fraction of sp³-hybridized carbons (Fsp3) is 0.357. The first-order valence-corrected chi connectivity index (χ1v) is 6.44. The van der Waals surface area contributed by atoms with E-state index in [1.165, 1.54) is 12.1 Å². The second kappa shape index (κ2) is 5.20. The van der Waals surface area contributed by atoms with Gasteiger partial charge < -0.3 is 15.0 Å². The molecule has 0 spiro atoms. The molecule has 1 aliphatic rings. The fourth-order valence-electron chi connectivity index (χ4n) is 2.53. The summed E-state index contributed by atoms with van der Waals surface area (Å²) in [5.74, 6) is -0.643. The number of aromatic nitrogens is 1. The summed E-state index contributed by atoms with van der Waals surface area (Å²) in [7, 11) is 0. The number of benzene rings is 1. The molecule has 2 heterocycles. The zero-order chi connectivity index (χ0) is 14.1. The summed E-state index contributed by atoms with van der Waals surface area (Å²) in [5.41, 5.74) is 6.58. The Hall–Kier alpha value is -1.95. The summed E-state index contributed by atoms with van der Waals surface area (Å²) in [6.45, 7) is 1.21. The molecule has 0 aliphatic carbocycles. The van der Waals surface area contributed by atoms with Crippen molar-refractivity contribution in [3.63, 3.8) is 0 Å². The Balaban J connectivity index is 2.06. The molecule has 1 atom stereocenters. The number of hydrogen-bond acceptors (Lipinski definition) is 4. The highest BCUT2D eigenvalue weighted by atomic mass is 19.1. The van der Waals surface area contributed by atoms with Gasteiger partial charge in [0.2, 0.25) is 0 Å².